The molecule has 0 bridgehead atoms. The van der Waals surface area contributed by atoms with E-state index in [-0.39, 0.29) is 5.56 Å². The predicted octanol–water partition coefficient (Wildman–Crippen LogP) is 2.08. The van der Waals surface area contributed by atoms with Crippen molar-refractivity contribution in [3.05, 3.63) is 23.4 Å². The molecule has 0 aromatic carbocycles. The van der Waals surface area contributed by atoms with Crippen LogP contribution in [0.4, 0.5) is 19.0 Å². The van der Waals surface area contributed by atoms with E-state index < -0.39 is 23.5 Å². The Kier molecular flexibility index (Phi) is 3.70. The molecule has 0 radical (unpaired) electrons. The fraction of sp³-hybridized carbons (Fsp3) is 0.364. The molecule has 1 unspecified atom stereocenters. The van der Waals surface area contributed by atoms with E-state index in [1.165, 1.54) is 19.2 Å². The number of hydrogen-bond donors (Lipinski definition) is 2. The molecule has 1 aromatic rings. The van der Waals surface area contributed by atoms with E-state index in [0.29, 0.717) is 12.5 Å². The van der Waals surface area contributed by atoms with Gasteiger partial charge in [-0.2, -0.15) is 18.4 Å². The topological polar surface area (TPSA) is 86.0 Å². The number of pyridine rings is 1. The number of anilines is 1. The molecular weight excluding hydrogens is 263 g/mol. The van der Waals surface area contributed by atoms with Crippen LogP contribution in [0, 0.1) is 18.3 Å². The van der Waals surface area contributed by atoms with Gasteiger partial charge in [0.2, 0.25) is 5.54 Å². The van der Waals surface area contributed by atoms with E-state index in [2.05, 4.69) is 4.98 Å². The van der Waals surface area contributed by atoms with E-state index in [1.54, 1.807) is 11.4 Å². The number of halogens is 3. The Bertz CT molecular complexity index is 551. The number of carbonyl (C=O) groups is 1. The van der Waals surface area contributed by atoms with Gasteiger partial charge in [-0.15, -0.1) is 0 Å². The summed E-state index contributed by atoms with van der Waals surface area (Å²) in [6.07, 6.45) is -3.85. The number of carboxylic acid groups (broad SMARTS) is 1. The highest BCUT2D eigenvalue weighted by Gasteiger charge is 2.58. The van der Waals surface area contributed by atoms with Gasteiger partial charge in [0.25, 0.3) is 0 Å². The van der Waals surface area contributed by atoms with E-state index in [0.717, 1.165) is 0 Å². The smallest absolute Gasteiger partial charge is 0.422 e. The fourth-order valence-electron chi connectivity index (χ4n) is 1.28. The summed E-state index contributed by atoms with van der Waals surface area (Å²) in [6, 6.07) is 3.13. The maximum absolute atomic E-state index is 12.8. The normalized spacial score (nSPS) is 14.3. The van der Waals surface area contributed by atoms with Gasteiger partial charge in [-0.05, 0) is 25.5 Å². The molecule has 102 valence electrons. The number of nitriles is 1. The summed E-state index contributed by atoms with van der Waals surface area (Å²) < 4.78 is 38.5. The molecule has 19 heavy (non-hydrogen) atoms. The van der Waals surface area contributed by atoms with Crippen molar-refractivity contribution in [3.63, 3.8) is 0 Å². The highest BCUT2D eigenvalue weighted by molar-refractivity contribution is 5.83. The maximum atomic E-state index is 12.8. The molecule has 1 rings (SSSR count). The van der Waals surface area contributed by atoms with Gasteiger partial charge < -0.3 is 10.4 Å². The third-order valence-corrected chi connectivity index (χ3v) is 2.63. The van der Waals surface area contributed by atoms with E-state index in [4.69, 9.17) is 10.4 Å². The third-order valence-electron chi connectivity index (χ3n) is 2.63. The van der Waals surface area contributed by atoms with Gasteiger partial charge in [-0.3, -0.25) is 0 Å². The molecule has 0 aliphatic rings. The van der Waals surface area contributed by atoms with Gasteiger partial charge >= 0.3 is 12.1 Å². The number of aliphatic carboxylic acids is 1. The molecular formula is C11H10F3N3O2. The fourth-order valence-corrected chi connectivity index (χ4v) is 1.28. The van der Waals surface area contributed by atoms with Crippen LogP contribution in [0.3, 0.4) is 0 Å². The molecule has 0 fully saturated rings. The van der Waals surface area contributed by atoms with Gasteiger partial charge in [-0.1, -0.05) is 0 Å². The van der Waals surface area contributed by atoms with Gasteiger partial charge in [0.05, 0.1) is 5.56 Å². The minimum Gasteiger partial charge on any atom is -0.479 e. The Morgan fingerprint density at radius 2 is 2.11 bits per heavy atom. The minimum absolute atomic E-state index is 0.126. The van der Waals surface area contributed by atoms with Crippen LogP contribution >= 0.6 is 0 Å². The van der Waals surface area contributed by atoms with Crippen molar-refractivity contribution in [2.24, 2.45) is 0 Å². The summed E-state index contributed by atoms with van der Waals surface area (Å²) in [6.45, 7) is 1.98. The summed E-state index contributed by atoms with van der Waals surface area (Å²) in [7, 11) is 0. The Balaban J connectivity index is 3.31. The monoisotopic (exact) mass is 273 g/mol. The molecule has 0 amide bonds. The average molecular weight is 273 g/mol. The third kappa shape index (κ3) is 2.59. The molecule has 0 spiro atoms. The first kappa shape index (κ1) is 14.8. The van der Waals surface area contributed by atoms with Crippen LogP contribution in [0.15, 0.2) is 12.3 Å². The first-order valence-electron chi connectivity index (χ1n) is 5.07. The first-order chi connectivity index (χ1) is 8.63. The standard InChI is InChI=1S/C11H10F3N3O2/c1-6-3-4-16-8(7(6)5-15)17-10(2,9(18)19)11(12,13)14/h3-4H,1-2H3,(H,16,17)(H,18,19). The Morgan fingerprint density at radius 1 is 1.53 bits per heavy atom. The molecule has 5 nitrogen and oxygen atoms in total. The average Bonchev–Trinajstić information content (AvgIpc) is 2.27. The van der Waals surface area contributed by atoms with Crippen molar-refractivity contribution in [1.29, 1.82) is 5.26 Å². The van der Waals surface area contributed by atoms with Crippen LogP contribution in [-0.2, 0) is 4.79 Å². The lowest BCUT2D eigenvalue weighted by Gasteiger charge is -2.29. The molecule has 8 heteroatoms. The Morgan fingerprint density at radius 3 is 2.53 bits per heavy atom. The molecule has 0 aliphatic heterocycles. The van der Waals surface area contributed by atoms with Crippen LogP contribution in [0.2, 0.25) is 0 Å². The van der Waals surface area contributed by atoms with Crippen LogP contribution in [0.1, 0.15) is 18.1 Å². The molecule has 1 atom stereocenters. The summed E-state index contributed by atoms with van der Waals surface area (Å²) >= 11 is 0. The summed E-state index contributed by atoms with van der Waals surface area (Å²) in [5.41, 5.74) is -2.95. The number of carboxylic acids is 1. The van der Waals surface area contributed by atoms with E-state index >= 15 is 0 Å². The SMILES string of the molecule is Cc1ccnc(NC(C)(C(=O)O)C(F)(F)F)c1C#N. The van der Waals surface area contributed by atoms with Crippen LogP contribution in [-0.4, -0.2) is 27.8 Å². The van der Waals surface area contributed by atoms with Crippen molar-refractivity contribution < 1.29 is 23.1 Å². The quantitative estimate of drug-likeness (QED) is 0.880. The van der Waals surface area contributed by atoms with Crippen molar-refractivity contribution in [2.75, 3.05) is 5.32 Å². The molecule has 2 N–H and O–H groups in total. The van der Waals surface area contributed by atoms with Crippen molar-refractivity contribution in [1.82, 2.24) is 4.98 Å². The van der Waals surface area contributed by atoms with Crippen LogP contribution in [0.25, 0.3) is 0 Å². The van der Waals surface area contributed by atoms with Crippen LogP contribution < -0.4 is 5.32 Å². The zero-order valence-electron chi connectivity index (χ0n) is 10.0. The van der Waals surface area contributed by atoms with Gasteiger partial charge in [0.15, 0.2) is 0 Å². The second-order valence-corrected chi connectivity index (χ2v) is 4.02. The minimum atomic E-state index is -5.04. The second-order valence-electron chi connectivity index (χ2n) is 4.02. The summed E-state index contributed by atoms with van der Waals surface area (Å²) in [5.74, 6) is -2.52. The lowest BCUT2D eigenvalue weighted by Crippen LogP contribution is -2.55. The van der Waals surface area contributed by atoms with Crippen LogP contribution in [0.5, 0.6) is 0 Å². The van der Waals surface area contributed by atoms with Crippen molar-refractivity contribution >= 4 is 11.8 Å². The number of aryl methyl sites for hydroxylation is 1. The highest BCUT2D eigenvalue weighted by atomic mass is 19.4. The van der Waals surface area contributed by atoms with Crippen molar-refractivity contribution in [2.45, 2.75) is 25.6 Å². The zero-order chi connectivity index (χ0) is 14.8. The largest absolute Gasteiger partial charge is 0.479 e. The number of rotatable bonds is 3. The summed E-state index contributed by atoms with van der Waals surface area (Å²) in [5, 5.41) is 19.4. The number of nitrogens with zero attached hydrogens (tertiary/aromatic N) is 2. The van der Waals surface area contributed by atoms with Crippen molar-refractivity contribution in [3.8, 4) is 6.07 Å². The van der Waals surface area contributed by atoms with E-state index in [1.807, 2.05) is 0 Å². The molecule has 1 heterocycles. The molecule has 0 saturated carbocycles. The number of nitrogens with one attached hydrogen (secondary N) is 1. The van der Waals surface area contributed by atoms with E-state index in [9.17, 15) is 18.0 Å². The lowest BCUT2D eigenvalue weighted by molar-refractivity contribution is -0.192. The highest BCUT2D eigenvalue weighted by Crippen LogP contribution is 2.34. The Labute approximate surface area is 106 Å². The zero-order valence-corrected chi connectivity index (χ0v) is 10.0. The molecule has 0 saturated heterocycles. The van der Waals surface area contributed by atoms with Gasteiger partial charge in [-0.25, -0.2) is 9.78 Å². The maximum Gasteiger partial charge on any atom is 0.422 e. The summed E-state index contributed by atoms with van der Waals surface area (Å²) in [4.78, 5) is 14.5. The lowest BCUT2D eigenvalue weighted by atomic mass is 10.0. The predicted molar refractivity (Wildman–Crippen MR) is 59.4 cm³/mol. The Hall–Kier alpha value is -2.30. The number of hydrogen-bond acceptors (Lipinski definition) is 4. The number of alkyl halides is 3. The molecule has 1 aromatic heterocycles. The first-order valence-corrected chi connectivity index (χ1v) is 5.07. The molecule has 0 aliphatic carbocycles. The number of aromatic nitrogens is 1. The van der Waals surface area contributed by atoms with Gasteiger partial charge in [0.1, 0.15) is 11.9 Å². The second kappa shape index (κ2) is 4.76. The van der Waals surface area contributed by atoms with Gasteiger partial charge in [0, 0.05) is 6.20 Å².